The summed E-state index contributed by atoms with van der Waals surface area (Å²) in [5, 5.41) is 2.84. The summed E-state index contributed by atoms with van der Waals surface area (Å²) >= 11 is 0. The number of methoxy groups -OCH3 is 1. The van der Waals surface area contributed by atoms with Gasteiger partial charge >= 0.3 is 31.5 Å². The number of carbonyl (C=O) groups excluding carboxylic acids is 7. The number of carbonyl (C=O) groups is 7. The van der Waals surface area contributed by atoms with Crippen molar-refractivity contribution in [3.8, 4) is 0 Å². The maximum atomic E-state index is 13.5. The maximum absolute atomic E-state index is 13.5. The first kappa shape index (κ1) is 43.3. The highest BCUT2D eigenvalue weighted by atomic mass is 31.2. The summed E-state index contributed by atoms with van der Waals surface area (Å²) < 4.78 is 47.7. The van der Waals surface area contributed by atoms with E-state index in [0.29, 0.717) is 5.06 Å². The van der Waals surface area contributed by atoms with E-state index in [1.807, 2.05) is 0 Å². The monoisotopic (exact) mass is 824 g/mol. The van der Waals surface area contributed by atoms with Gasteiger partial charge in [0.05, 0.1) is 29.5 Å². The van der Waals surface area contributed by atoms with Crippen LogP contribution in [0.4, 0.5) is 0 Å². The number of imide groups is 1. The van der Waals surface area contributed by atoms with E-state index in [2.05, 4.69) is 5.32 Å². The Labute approximate surface area is 332 Å². The first-order chi connectivity index (χ1) is 27.8. The third-order valence-electron chi connectivity index (χ3n) is 8.72. The Balaban J connectivity index is 1.27. The summed E-state index contributed by atoms with van der Waals surface area (Å²) in [6.07, 6.45) is -8.89. The molecule has 2 N–H and O–H groups in total. The molecule has 3 aromatic carbocycles. The van der Waals surface area contributed by atoms with Gasteiger partial charge in [0.25, 0.3) is 11.8 Å². The second kappa shape index (κ2) is 20.6. The van der Waals surface area contributed by atoms with Crippen molar-refractivity contribution >= 4 is 49.2 Å². The molecule has 3 aromatic rings. The third-order valence-corrected chi connectivity index (χ3v) is 10.1. The molecular formula is C39H41N2O16P. The van der Waals surface area contributed by atoms with E-state index in [0.717, 1.165) is 0 Å². The van der Waals surface area contributed by atoms with Gasteiger partial charge < -0.3 is 43.3 Å². The van der Waals surface area contributed by atoms with Gasteiger partial charge in [-0.3, -0.25) is 18.9 Å². The molecule has 2 saturated heterocycles. The molecule has 2 aliphatic rings. The lowest BCUT2D eigenvalue weighted by Gasteiger charge is -2.44. The number of hydrogen-bond acceptors (Lipinski definition) is 15. The van der Waals surface area contributed by atoms with E-state index >= 15 is 0 Å². The van der Waals surface area contributed by atoms with E-state index in [1.165, 1.54) is 43.5 Å². The summed E-state index contributed by atoms with van der Waals surface area (Å²) in [6.45, 7) is -1.07. The average molecular weight is 825 g/mol. The molecule has 0 aromatic heterocycles. The summed E-state index contributed by atoms with van der Waals surface area (Å²) in [5.74, 6) is -5.36. The van der Waals surface area contributed by atoms with Gasteiger partial charge in [-0.2, -0.15) is 0 Å². The van der Waals surface area contributed by atoms with E-state index in [4.69, 9.17) is 33.0 Å². The predicted molar refractivity (Wildman–Crippen MR) is 197 cm³/mol. The van der Waals surface area contributed by atoms with Crippen LogP contribution >= 0.6 is 7.60 Å². The number of esters is 3. The van der Waals surface area contributed by atoms with Crippen molar-refractivity contribution in [2.24, 2.45) is 0 Å². The normalized spacial score (nSPS) is 21.3. The van der Waals surface area contributed by atoms with Gasteiger partial charge in [0.1, 0.15) is 6.10 Å². The molecule has 58 heavy (non-hydrogen) atoms. The highest BCUT2D eigenvalue weighted by molar-refractivity contribution is 7.52. The number of hydroxylamine groups is 2. The minimum absolute atomic E-state index is 0.00534. The number of nitrogens with zero attached hydrogens (tertiary/aromatic N) is 1. The van der Waals surface area contributed by atoms with Crippen LogP contribution in [0.5, 0.6) is 0 Å². The minimum atomic E-state index is -4.52. The zero-order valence-corrected chi connectivity index (χ0v) is 32.1. The Morgan fingerprint density at radius 3 is 1.72 bits per heavy atom. The van der Waals surface area contributed by atoms with E-state index in [9.17, 15) is 43.0 Å². The van der Waals surface area contributed by atoms with Crippen LogP contribution in [0.25, 0.3) is 0 Å². The van der Waals surface area contributed by atoms with E-state index in [1.54, 1.807) is 54.6 Å². The number of ether oxygens (including phenoxy) is 5. The fraction of sp³-hybridized carbons (Fsp3) is 0.359. The van der Waals surface area contributed by atoms with Crippen LogP contribution in [-0.2, 0) is 56.8 Å². The summed E-state index contributed by atoms with van der Waals surface area (Å²) in [4.78, 5) is 103. The first-order valence-corrected chi connectivity index (χ1v) is 19.9. The molecule has 1 unspecified atom stereocenters. The van der Waals surface area contributed by atoms with Crippen molar-refractivity contribution < 1.29 is 76.1 Å². The van der Waals surface area contributed by atoms with Crippen molar-refractivity contribution in [2.45, 2.75) is 62.8 Å². The summed E-state index contributed by atoms with van der Waals surface area (Å²) in [6, 6.07) is 23.5. The van der Waals surface area contributed by atoms with Crippen LogP contribution in [0.15, 0.2) is 91.0 Å². The Hall–Kier alpha value is -5.78. The second-order valence-electron chi connectivity index (χ2n) is 12.9. The fourth-order valence-electron chi connectivity index (χ4n) is 5.78. The van der Waals surface area contributed by atoms with Crippen molar-refractivity contribution in [2.75, 3.05) is 26.4 Å². The molecule has 18 nitrogen and oxygen atoms in total. The van der Waals surface area contributed by atoms with Gasteiger partial charge in [0, 0.05) is 39.3 Å². The van der Waals surface area contributed by atoms with Crippen LogP contribution in [0.2, 0.25) is 0 Å². The molecule has 0 aliphatic carbocycles. The summed E-state index contributed by atoms with van der Waals surface area (Å²) in [5.41, 5.74) is 0.339. The van der Waals surface area contributed by atoms with Gasteiger partial charge in [-0.25, -0.2) is 19.2 Å². The Morgan fingerprint density at radius 1 is 0.741 bits per heavy atom. The lowest BCUT2D eigenvalue weighted by atomic mass is 9.97. The van der Waals surface area contributed by atoms with Gasteiger partial charge in [-0.1, -0.05) is 54.6 Å². The van der Waals surface area contributed by atoms with E-state index in [-0.39, 0.29) is 55.3 Å². The Kier molecular flexibility index (Phi) is 15.4. The van der Waals surface area contributed by atoms with Crippen molar-refractivity contribution in [1.29, 1.82) is 0 Å². The molecule has 2 fully saturated rings. The molecule has 0 spiro atoms. The van der Waals surface area contributed by atoms with Crippen molar-refractivity contribution in [3.63, 3.8) is 0 Å². The Morgan fingerprint density at radius 2 is 1.22 bits per heavy atom. The van der Waals surface area contributed by atoms with Gasteiger partial charge in [-0.15, -0.1) is 5.06 Å². The topological polar surface area (TPSA) is 237 Å². The van der Waals surface area contributed by atoms with Crippen LogP contribution in [0.3, 0.4) is 0 Å². The number of nitrogens with one attached hydrogen (secondary N) is 1. The Bertz CT molecular complexity index is 1970. The van der Waals surface area contributed by atoms with Gasteiger partial charge in [0.15, 0.2) is 24.6 Å². The lowest BCUT2D eigenvalue weighted by molar-refractivity contribution is -0.291. The number of rotatable bonds is 18. The SMILES string of the molecule is CO[C@@H]1O[C@H](COP(=O)(O)CCNC(=O)CCCC(=O)ON2C(=O)CCC2=O)[C@@H](OC(=O)c2ccccc2)[C@H](OC(=O)c2ccccc2)[C@H]1OC(=O)c1ccccc1. The first-order valence-electron chi connectivity index (χ1n) is 18.1. The molecule has 3 amide bonds. The van der Waals surface area contributed by atoms with Crippen molar-refractivity contribution in [1.82, 2.24) is 10.4 Å². The van der Waals surface area contributed by atoms with Crippen molar-refractivity contribution in [3.05, 3.63) is 108 Å². The zero-order valence-electron chi connectivity index (χ0n) is 31.2. The number of benzene rings is 3. The molecule has 0 bridgehead atoms. The second-order valence-corrected chi connectivity index (χ2v) is 14.9. The molecule has 6 atom stereocenters. The molecule has 308 valence electrons. The molecule has 2 heterocycles. The molecule has 2 aliphatic heterocycles. The predicted octanol–water partition coefficient (Wildman–Crippen LogP) is 3.13. The summed E-state index contributed by atoms with van der Waals surface area (Å²) in [7, 11) is -3.30. The highest BCUT2D eigenvalue weighted by Crippen LogP contribution is 2.42. The van der Waals surface area contributed by atoms with E-state index < -0.39 is 92.7 Å². The van der Waals surface area contributed by atoms with Crippen LogP contribution in [0.1, 0.15) is 63.2 Å². The zero-order chi connectivity index (χ0) is 41.7. The fourth-order valence-corrected chi connectivity index (χ4v) is 6.68. The number of amides is 3. The maximum Gasteiger partial charge on any atom is 0.338 e. The number of hydrogen-bond donors (Lipinski definition) is 2. The highest BCUT2D eigenvalue weighted by Gasteiger charge is 2.53. The minimum Gasteiger partial charge on any atom is -0.452 e. The smallest absolute Gasteiger partial charge is 0.338 e. The molecule has 0 radical (unpaired) electrons. The quantitative estimate of drug-likeness (QED) is 0.0811. The molecule has 0 saturated carbocycles. The van der Waals surface area contributed by atoms with Crippen LogP contribution in [0, 0.1) is 0 Å². The van der Waals surface area contributed by atoms with Crippen LogP contribution < -0.4 is 5.32 Å². The van der Waals surface area contributed by atoms with Gasteiger partial charge in [-0.05, 0) is 42.8 Å². The lowest BCUT2D eigenvalue weighted by Crippen LogP contribution is -2.62. The largest absolute Gasteiger partial charge is 0.452 e. The van der Waals surface area contributed by atoms with Gasteiger partial charge in [0.2, 0.25) is 5.91 Å². The van der Waals surface area contributed by atoms with Crippen LogP contribution in [-0.4, -0.2) is 109 Å². The average Bonchev–Trinajstić information content (AvgIpc) is 3.54. The third kappa shape index (κ3) is 12.1. The molecular weight excluding hydrogens is 783 g/mol. The molecule has 19 heteroatoms. The standard InChI is InChI=1S/C39H41N2O16P/c1-51-39-35(56-38(48)27-16-9-4-10-17-27)34(55-37(47)26-14-7-3-8-15-26)33(54-36(46)25-12-5-2-6-13-25)28(53-39)24-52-58(49,50)23-22-40-29(42)18-11-19-32(45)57-41-30(43)20-21-31(41)44/h2-10,12-17,28,33-35,39H,11,18-24H2,1H3,(H,40,42)(H,49,50)/t28-,33-,34+,35-,39-/m1/s1. The molecule has 5 rings (SSSR count).